The number of hydrogen-bond acceptors (Lipinski definition) is 6. The van der Waals surface area contributed by atoms with E-state index in [-0.39, 0.29) is 6.61 Å². The molecule has 0 aromatic carbocycles. The molecule has 4 N–H and O–H groups in total. The number of nitrogen functional groups attached to an aromatic ring is 1. The Kier molecular flexibility index (Phi) is 2.76. The van der Waals surface area contributed by atoms with Crippen LogP contribution in [0.2, 0.25) is 0 Å². The Morgan fingerprint density at radius 3 is 2.95 bits per heavy atom. The minimum Gasteiger partial charge on any atom is -0.395 e. The van der Waals surface area contributed by atoms with Crippen molar-refractivity contribution in [2.45, 2.75) is 0 Å². The minimum atomic E-state index is 0.0379. The van der Waals surface area contributed by atoms with Gasteiger partial charge < -0.3 is 16.3 Å². The summed E-state index contributed by atoms with van der Waals surface area (Å²) in [6.07, 6.45) is 8.61. The molecular weight excluding hydrogens is 246 g/mol. The van der Waals surface area contributed by atoms with Crippen LogP contribution in [0.4, 0.5) is 5.82 Å². The number of aliphatic hydroxyl groups excluding tert-OH is 1. The number of hydrogen-bond donors (Lipinski definition) is 3. The summed E-state index contributed by atoms with van der Waals surface area (Å²) >= 11 is 0. The van der Waals surface area contributed by atoms with Crippen LogP contribution in [0.1, 0.15) is 0 Å². The zero-order valence-electron chi connectivity index (χ0n) is 10.1. The first-order valence-electron chi connectivity index (χ1n) is 5.76. The molecule has 8 nitrogen and oxygen atoms in total. The topological polar surface area (TPSA) is 106 Å². The predicted octanol–water partition coefficient (Wildman–Crippen LogP) is -0.289. The summed E-state index contributed by atoms with van der Waals surface area (Å²) in [6.45, 7) is 0.464. The van der Waals surface area contributed by atoms with Gasteiger partial charge in [-0.3, -0.25) is 4.40 Å². The van der Waals surface area contributed by atoms with Crippen molar-refractivity contribution in [2.75, 3.05) is 24.3 Å². The zero-order chi connectivity index (χ0) is 13.2. The van der Waals surface area contributed by atoms with Crippen molar-refractivity contribution in [3.63, 3.8) is 0 Å². The molecule has 0 aliphatic carbocycles. The lowest BCUT2D eigenvalue weighted by Crippen LogP contribution is -2.08. The van der Waals surface area contributed by atoms with Crippen LogP contribution >= 0.6 is 0 Å². The van der Waals surface area contributed by atoms with Crippen LogP contribution in [0.15, 0.2) is 31.0 Å². The molecule has 3 heterocycles. The maximum absolute atomic E-state index is 8.84. The number of aliphatic hydroxyl groups is 1. The average Bonchev–Trinajstić information content (AvgIpc) is 3.02. The largest absolute Gasteiger partial charge is 0.395 e. The van der Waals surface area contributed by atoms with Crippen LogP contribution in [0, 0.1) is 0 Å². The molecule has 8 heteroatoms. The maximum atomic E-state index is 8.84. The van der Waals surface area contributed by atoms with Crippen LogP contribution in [0.3, 0.4) is 0 Å². The number of anilines is 1. The molecule has 98 valence electrons. The predicted molar refractivity (Wildman–Crippen MR) is 69.9 cm³/mol. The van der Waals surface area contributed by atoms with Crippen molar-refractivity contribution >= 4 is 11.5 Å². The maximum Gasteiger partial charge on any atom is 0.180 e. The highest BCUT2D eigenvalue weighted by Gasteiger charge is 2.11. The van der Waals surface area contributed by atoms with Crippen LogP contribution < -0.4 is 11.2 Å². The lowest BCUT2D eigenvalue weighted by Gasteiger charge is -2.05. The second-order valence-corrected chi connectivity index (χ2v) is 3.97. The fourth-order valence-corrected chi connectivity index (χ4v) is 1.90. The van der Waals surface area contributed by atoms with Gasteiger partial charge in [0.15, 0.2) is 11.5 Å². The smallest absolute Gasteiger partial charge is 0.180 e. The van der Waals surface area contributed by atoms with Gasteiger partial charge in [-0.05, 0) is 0 Å². The van der Waals surface area contributed by atoms with Gasteiger partial charge in [-0.1, -0.05) is 0 Å². The quantitative estimate of drug-likeness (QED) is 0.556. The monoisotopic (exact) mass is 259 g/mol. The van der Waals surface area contributed by atoms with Crippen molar-refractivity contribution in [3.05, 3.63) is 31.0 Å². The number of imidazole rings is 1. The highest BCUT2D eigenvalue weighted by atomic mass is 16.3. The summed E-state index contributed by atoms with van der Waals surface area (Å²) in [4.78, 5) is 9.79. The highest BCUT2D eigenvalue weighted by Crippen LogP contribution is 2.22. The van der Waals surface area contributed by atoms with Gasteiger partial charge in [-0.15, -0.1) is 0 Å². The summed E-state index contributed by atoms with van der Waals surface area (Å²) in [5.41, 5.74) is 2.44. The molecule has 3 aromatic heterocycles. The first-order valence-corrected chi connectivity index (χ1v) is 5.76. The third-order valence-corrected chi connectivity index (χ3v) is 2.73. The normalized spacial score (nSPS) is 11.0. The molecule has 0 saturated carbocycles. The van der Waals surface area contributed by atoms with Crippen LogP contribution in [0.5, 0.6) is 0 Å². The van der Waals surface area contributed by atoms with E-state index in [4.69, 9.17) is 10.9 Å². The Morgan fingerprint density at radius 1 is 1.32 bits per heavy atom. The van der Waals surface area contributed by atoms with Gasteiger partial charge in [0.25, 0.3) is 0 Å². The molecule has 0 amide bonds. The lowest BCUT2D eigenvalue weighted by molar-refractivity contribution is 0.311. The molecule has 0 radical (unpaired) electrons. The molecular formula is C11H13N7O. The second kappa shape index (κ2) is 4.58. The van der Waals surface area contributed by atoms with E-state index in [9.17, 15) is 0 Å². The van der Waals surface area contributed by atoms with Crippen molar-refractivity contribution in [2.24, 2.45) is 0 Å². The Hall–Kier alpha value is -2.61. The Labute approximate surface area is 108 Å². The van der Waals surface area contributed by atoms with Crippen molar-refractivity contribution in [1.29, 1.82) is 0 Å². The van der Waals surface area contributed by atoms with E-state index in [0.29, 0.717) is 18.0 Å². The van der Waals surface area contributed by atoms with Gasteiger partial charge in [-0.2, -0.15) is 9.89 Å². The van der Waals surface area contributed by atoms with Gasteiger partial charge >= 0.3 is 0 Å². The summed E-state index contributed by atoms with van der Waals surface area (Å²) < 4.78 is 1.89. The standard InChI is InChI=1S/C11H13N7O/c12-18-7-8(5-16-18)9-6-15-11-10(14-2-4-19)13-1-3-17(9)11/h1,3,5-7,19H,2,4,12H2,(H,13,14). The molecule has 0 unspecified atom stereocenters. The SMILES string of the molecule is Nn1cc(-c2cnc3c(NCCO)nccn23)cn1. The number of nitrogens with one attached hydrogen (secondary N) is 1. The Bertz CT molecular complexity index is 702. The van der Waals surface area contributed by atoms with E-state index >= 15 is 0 Å². The first kappa shape index (κ1) is 11.5. The molecule has 0 aliphatic rings. The number of fused-ring (bicyclic) bond motifs is 1. The third-order valence-electron chi connectivity index (χ3n) is 2.73. The van der Waals surface area contributed by atoms with Crippen molar-refractivity contribution < 1.29 is 5.11 Å². The third kappa shape index (κ3) is 1.97. The summed E-state index contributed by atoms with van der Waals surface area (Å²) in [5, 5.41) is 15.8. The Balaban J connectivity index is 2.08. The van der Waals surface area contributed by atoms with E-state index < -0.39 is 0 Å². The van der Waals surface area contributed by atoms with E-state index in [2.05, 4.69) is 20.4 Å². The minimum absolute atomic E-state index is 0.0379. The summed E-state index contributed by atoms with van der Waals surface area (Å²) in [7, 11) is 0. The Morgan fingerprint density at radius 2 is 2.21 bits per heavy atom. The average molecular weight is 259 g/mol. The lowest BCUT2D eigenvalue weighted by atomic mass is 10.3. The highest BCUT2D eigenvalue weighted by molar-refractivity contribution is 5.69. The van der Waals surface area contributed by atoms with Gasteiger partial charge in [0.05, 0.1) is 30.9 Å². The van der Waals surface area contributed by atoms with E-state index in [0.717, 1.165) is 11.3 Å². The van der Waals surface area contributed by atoms with E-state index in [1.54, 1.807) is 24.8 Å². The summed E-state index contributed by atoms with van der Waals surface area (Å²) in [6, 6.07) is 0. The zero-order valence-corrected chi connectivity index (χ0v) is 10.1. The number of rotatable bonds is 4. The molecule has 0 spiro atoms. The fourth-order valence-electron chi connectivity index (χ4n) is 1.90. The molecule has 0 atom stereocenters. The van der Waals surface area contributed by atoms with Gasteiger partial charge in [0.2, 0.25) is 0 Å². The van der Waals surface area contributed by atoms with Crippen LogP contribution in [-0.4, -0.2) is 42.5 Å². The number of nitrogens with two attached hydrogens (primary N) is 1. The molecule has 0 bridgehead atoms. The van der Waals surface area contributed by atoms with E-state index in [1.807, 2.05) is 10.6 Å². The molecule has 19 heavy (non-hydrogen) atoms. The molecule has 0 saturated heterocycles. The van der Waals surface area contributed by atoms with Gasteiger partial charge in [0, 0.05) is 24.5 Å². The van der Waals surface area contributed by atoms with E-state index in [1.165, 1.54) is 4.79 Å². The fraction of sp³-hybridized carbons (Fsp3) is 0.182. The van der Waals surface area contributed by atoms with Crippen LogP contribution in [-0.2, 0) is 0 Å². The molecule has 0 fully saturated rings. The summed E-state index contributed by atoms with van der Waals surface area (Å²) in [5.74, 6) is 6.18. The van der Waals surface area contributed by atoms with Gasteiger partial charge in [0.1, 0.15) is 0 Å². The van der Waals surface area contributed by atoms with Crippen LogP contribution in [0.25, 0.3) is 16.9 Å². The second-order valence-electron chi connectivity index (χ2n) is 3.97. The van der Waals surface area contributed by atoms with Crippen molar-refractivity contribution in [3.8, 4) is 11.3 Å². The van der Waals surface area contributed by atoms with Gasteiger partial charge in [-0.25, -0.2) is 9.97 Å². The number of nitrogens with zero attached hydrogens (tertiary/aromatic N) is 5. The van der Waals surface area contributed by atoms with Crippen molar-refractivity contribution in [1.82, 2.24) is 24.3 Å². The molecule has 3 rings (SSSR count). The number of aromatic nitrogens is 5. The molecule has 3 aromatic rings. The molecule has 0 aliphatic heterocycles. The first-order chi connectivity index (χ1) is 9.29.